The molecule has 3 N–H and O–H groups in total. The Morgan fingerprint density at radius 2 is 2.10 bits per heavy atom. The topological polar surface area (TPSA) is 87.7 Å². The zero-order valence-electron chi connectivity index (χ0n) is 12.0. The van der Waals surface area contributed by atoms with Crippen molar-refractivity contribution in [1.29, 1.82) is 0 Å². The summed E-state index contributed by atoms with van der Waals surface area (Å²) in [5, 5.41) is 14.2. The molecule has 1 aliphatic carbocycles. The van der Waals surface area contributed by atoms with Gasteiger partial charge in [-0.3, -0.25) is 0 Å². The van der Waals surface area contributed by atoms with Crippen molar-refractivity contribution in [2.45, 2.75) is 32.2 Å². The number of rotatable bonds is 7. The van der Waals surface area contributed by atoms with Crippen LogP contribution >= 0.6 is 0 Å². The summed E-state index contributed by atoms with van der Waals surface area (Å²) in [5.41, 5.74) is 0.454. The van der Waals surface area contributed by atoms with Crippen molar-refractivity contribution in [3.8, 4) is 5.75 Å². The van der Waals surface area contributed by atoms with Gasteiger partial charge in [-0.1, -0.05) is 25.0 Å². The van der Waals surface area contributed by atoms with Crippen LogP contribution in [-0.2, 0) is 4.79 Å². The predicted molar refractivity (Wildman–Crippen MR) is 78.5 cm³/mol. The van der Waals surface area contributed by atoms with Gasteiger partial charge in [-0.05, 0) is 31.4 Å². The Morgan fingerprint density at radius 3 is 2.76 bits per heavy atom. The number of anilines is 1. The van der Waals surface area contributed by atoms with Gasteiger partial charge in [0.2, 0.25) is 0 Å². The number of carboxylic acids is 1. The van der Waals surface area contributed by atoms with Crippen LogP contribution in [-0.4, -0.2) is 29.8 Å². The monoisotopic (exact) mass is 292 g/mol. The Bertz CT molecular complexity index is 514. The van der Waals surface area contributed by atoms with E-state index >= 15 is 0 Å². The lowest BCUT2D eigenvalue weighted by atomic mass is 10.2. The third-order valence-corrected chi connectivity index (χ3v) is 3.25. The number of hydrogen-bond acceptors (Lipinski definition) is 3. The third kappa shape index (κ3) is 5.33. The molecule has 0 bridgehead atoms. The largest absolute Gasteiger partial charge is 0.480 e. The summed E-state index contributed by atoms with van der Waals surface area (Å²) < 4.78 is 5.14. The summed E-state index contributed by atoms with van der Waals surface area (Å²) in [7, 11) is 0. The first-order valence-electron chi connectivity index (χ1n) is 7.05. The first kappa shape index (κ1) is 15.2. The van der Waals surface area contributed by atoms with Crippen LogP contribution in [0.3, 0.4) is 0 Å². The van der Waals surface area contributed by atoms with Crippen LogP contribution in [0.25, 0.3) is 0 Å². The summed E-state index contributed by atoms with van der Waals surface area (Å²) in [6.07, 6.45) is 3.49. The molecule has 0 aliphatic heterocycles. The molecule has 1 aromatic carbocycles. The number of hydrogen-bond donors (Lipinski definition) is 3. The molecule has 1 fully saturated rings. The first-order valence-corrected chi connectivity index (χ1v) is 7.05. The number of benzene rings is 1. The fourth-order valence-corrected chi connectivity index (χ4v) is 2.13. The molecule has 0 aromatic heterocycles. The fourth-order valence-electron chi connectivity index (χ4n) is 2.13. The van der Waals surface area contributed by atoms with Gasteiger partial charge in [0.25, 0.3) is 0 Å². The zero-order valence-corrected chi connectivity index (χ0v) is 12.0. The quantitative estimate of drug-likeness (QED) is 0.720. The molecule has 6 heteroatoms. The second-order valence-electron chi connectivity index (χ2n) is 5.36. The van der Waals surface area contributed by atoms with Crippen LogP contribution in [0, 0.1) is 5.92 Å². The molecular formula is C15H20N2O4. The number of amides is 2. The molecule has 6 nitrogen and oxygen atoms in total. The Morgan fingerprint density at radius 1 is 1.38 bits per heavy atom. The molecule has 1 unspecified atom stereocenters. The van der Waals surface area contributed by atoms with E-state index in [-0.39, 0.29) is 12.1 Å². The van der Waals surface area contributed by atoms with Crippen LogP contribution in [0.1, 0.15) is 26.2 Å². The van der Waals surface area contributed by atoms with Crippen LogP contribution in [0.5, 0.6) is 5.75 Å². The van der Waals surface area contributed by atoms with E-state index in [4.69, 9.17) is 9.84 Å². The summed E-state index contributed by atoms with van der Waals surface area (Å²) >= 11 is 0. The summed E-state index contributed by atoms with van der Waals surface area (Å²) in [4.78, 5) is 22.5. The third-order valence-electron chi connectivity index (χ3n) is 3.25. The maximum atomic E-state index is 11.9. The zero-order chi connectivity index (χ0) is 15.2. The summed E-state index contributed by atoms with van der Waals surface area (Å²) in [5.74, 6) is 0.0173. The van der Waals surface area contributed by atoms with E-state index < -0.39 is 12.6 Å². The Hall–Kier alpha value is -2.24. The number of carboxylic acid groups (broad SMARTS) is 1. The minimum atomic E-state index is -1.06. The molecule has 1 saturated carbocycles. The first-order chi connectivity index (χ1) is 10.0. The molecule has 0 spiro atoms. The van der Waals surface area contributed by atoms with Gasteiger partial charge in [0.1, 0.15) is 5.75 Å². The van der Waals surface area contributed by atoms with Crippen molar-refractivity contribution in [3.63, 3.8) is 0 Å². The molecule has 0 radical (unpaired) electrons. The predicted octanol–water partition coefficient (Wildman–Crippen LogP) is 2.46. The normalized spacial score (nSPS) is 15.1. The van der Waals surface area contributed by atoms with Crippen molar-refractivity contribution in [2.75, 3.05) is 11.9 Å². The van der Waals surface area contributed by atoms with Gasteiger partial charge in [0.15, 0.2) is 6.61 Å². The molecular weight excluding hydrogens is 272 g/mol. The van der Waals surface area contributed by atoms with E-state index in [0.717, 1.165) is 12.3 Å². The highest BCUT2D eigenvalue weighted by Crippen LogP contribution is 2.33. The standard InChI is InChI=1S/C15H20N2O4/c1-10(8-11-6-7-11)16-15(20)17-12-4-2-3-5-13(12)21-9-14(18)19/h2-5,10-11H,6-9H2,1H3,(H,18,19)(H2,16,17,20). The van der Waals surface area contributed by atoms with Crippen molar-refractivity contribution in [3.05, 3.63) is 24.3 Å². The number of aliphatic carboxylic acids is 1. The lowest BCUT2D eigenvalue weighted by Crippen LogP contribution is -2.36. The van der Waals surface area contributed by atoms with E-state index in [9.17, 15) is 9.59 Å². The van der Waals surface area contributed by atoms with Crippen LogP contribution in [0.15, 0.2) is 24.3 Å². The average molecular weight is 292 g/mol. The second kappa shape index (κ2) is 6.97. The van der Waals surface area contributed by atoms with Gasteiger partial charge in [0, 0.05) is 6.04 Å². The second-order valence-corrected chi connectivity index (χ2v) is 5.36. The molecule has 0 heterocycles. The van der Waals surface area contributed by atoms with Crippen molar-refractivity contribution in [2.24, 2.45) is 5.92 Å². The molecule has 2 rings (SSSR count). The molecule has 1 atom stereocenters. The Kier molecular flexibility index (Phi) is 5.03. The summed E-state index contributed by atoms with van der Waals surface area (Å²) in [6, 6.07) is 6.56. The minimum absolute atomic E-state index is 0.115. The molecule has 114 valence electrons. The molecule has 0 saturated heterocycles. The van der Waals surface area contributed by atoms with E-state index in [1.54, 1.807) is 24.3 Å². The highest BCUT2D eigenvalue weighted by Gasteiger charge is 2.24. The Balaban J connectivity index is 1.88. The number of para-hydroxylation sites is 2. The Labute approximate surface area is 123 Å². The van der Waals surface area contributed by atoms with E-state index in [1.165, 1.54) is 12.8 Å². The number of carbonyl (C=O) groups is 2. The van der Waals surface area contributed by atoms with Crippen molar-refractivity contribution in [1.82, 2.24) is 5.32 Å². The number of carbonyl (C=O) groups excluding carboxylic acids is 1. The lowest BCUT2D eigenvalue weighted by molar-refractivity contribution is -0.139. The maximum Gasteiger partial charge on any atom is 0.341 e. The van der Waals surface area contributed by atoms with Gasteiger partial charge in [-0.25, -0.2) is 9.59 Å². The maximum absolute atomic E-state index is 11.9. The lowest BCUT2D eigenvalue weighted by Gasteiger charge is -2.15. The van der Waals surface area contributed by atoms with Gasteiger partial charge in [0.05, 0.1) is 5.69 Å². The number of urea groups is 1. The molecule has 1 aromatic rings. The smallest absolute Gasteiger partial charge is 0.341 e. The SMILES string of the molecule is CC(CC1CC1)NC(=O)Nc1ccccc1OCC(=O)O. The van der Waals surface area contributed by atoms with Crippen molar-refractivity contribution < 1.29 is 19.4 Å². The van der Waals surface area contributed by atoms with Crippen LogP contribution in [0.2, 0.25) is 0 Å². The number of ether oxygens (including phenoxy) is 1. The highest BCUT2D eigenvalue weighted by molar-refractivity contribution is 5.91. The van der Waals surface area contributed by atoms with E-state index in [2.05, 4.69) is 10.6 Å². The van der Waals surface area contributed by atoms with Crippen molar-refractivity contribution >= 4 is 17.7 Å². The molecule has 1 aliphatic rings. The average Bonchev–Trinajstić information content (AvgIpc) is 3.21. The number of nitrogens with one attached hydrogen (secondary N) is 2. The minimum Gasteiger partial charge on any atom is -0.480 e. The van der Waals surface area contributed by atoms with Crippen LogP contribution < -0.4 is 15.4 Å². The molecule has 2 amide bonds. The summed E-state index contributed by atoms with van der Waals surface area (Å²) in [6.45, 7) is 1.53. The van der Waals surface area contributed by atoms with E-state index in [0.29, 0.717) is 11.4 Å². The van der Waals surface area contributed by atoms with Gasteiger partial charge >= 0.3 is 12.0 Å². The van der Waals surface area contributed by atoms with Gasteiger partial charge in [-0.15, -0.1) is 0 Å². The van der Waals surface area contributed by atoms with Gasteiger partial charge < -0.3 is 20.5 Å². The van der Waals surface area contributed by atoms with Gasteiger partial charge in [-0.2, -0.15) is 0 Å². The fraction of sp³-hybridized carbons (Fsp3) is 0.467. The van der Waals surface area contributed by atoms with Crippen LogP contribution in [0.4, 0.5) is 10.5 Å². The van der Waals surface area contributed by atoms with E-state index in [1.807, 2.05) is 6.92 Å². The molecule has 21 heavy (non-hydrogen) atoms. The highest BCUT2D eigenvalue weighted by atomic mass is 16.5.